The van der Waals surface area contributed by atoms with Gasteiger partial charge in [0, 0.05) is 12.8 Å². The molecule has 0 saturated carbocycles. The summed E-state index contributed by atoms with van der Waals surface area (Å²) in [5, 5.41) is 20.0. The zero-order valence-corrected chi connectivity index (χ0v) is 20.0. The second kappa shape index (κ2) is 21.1. The monoisotopic (exact) mass is 409 g/mol. The van der Waals surface area contributed by atoms with Crippen molar-refractivity contribution in [3.8, 4) is 0 Å². The Balaban J connectivity index is -0.00000338. The molecule has 0 radical (unpaired) electrons. The number of unbranched alkanes of at least 4 members (excludes halogenated alkanes) is 12. The first-order valence-corrected chi connectivity index (χ1v) is 10.7. The fraction of sp³-hybridized carbons (Fsp3) is 0.857. The van der Waals surface area contributed by atoms with Crippen LogP contribution in [0.5, 0.6) is 0 Å². The molecule has 0 aromatic heterocycles. The number of hydrogen-bond acceptors (Lipinski definition) is 3. The molecule has 0 bridgehead atoms. The molecule has 0 aromatic rings. The van der Waals surface area contributed by atoms with Crippen LogP contribution in [-0.4, -0.2) is 34.1 Å². The van der Waals surface area contributed by atoms with Crippen molar-refractivity contribution in [3.63, 3.8) is 0 Å². The van der Waals surface area contributed by atoms with Gasteiger partial charge in [-0.1, -0.05) is 84.0 Å². The summed E-state index contributed by atoms with van der Waals surface area (Å²) in [6.45, 7) is 2.24. The first-order valence-electron chi connectivity index (χ1n) is 10.7. The maximum Gasteiger partial charge on any atom is 1.00 e. The second-order valence-electron chi connectivity index (χ2n) is 7.38. The van der Waals surface area contributed by atoms with Gasteiger partial charge in [-0.15, -0.1) is 0 Å². The van der Waals surface area contributed by atoms with Gasteiger partial charge in [0.1, 0.15) is 6.04 Å². The fourth-order valence-electron chi connectivity index (χ4n) is 3.10. The van der Waals surface area contributed by atoms with E-state index in [1.165, 1.54) is 64.2 Å². The van der Waals surface area contributed by atoms with Gasteiger partial charge in [0.15, 0.2) is 0 Å². The molecule has 0 fully saturated rings. The molecule has 0 aliphatic heterocycles. The minimum Gasteiger partial charge on any atom is -1.00 e. The maximum atomic E-state index is 11.8. The number of rotatable bonds is 19. The molecule has 0 aromatic carbocycles. The Morgan fingerprint density at radius 1 is 0.750 bits per heavy atom. The second-order valence-corrected chi connectivity index (χ2v) is 7.38. The third kappa shape index (κ3) is 20.2. The van der Waals surface area contributed by atoms with Crippen LogP contribution in [0, 0.1) is 0 Å². The molecule has 160 valence electrons. The molecule has 0 saturated heterocycles. The standard InChI is InChI=1S/C21H39NO5.Na.H/c1-2-3-4-5-6-7-8-9-10-11-12-13-14-15-19(23)22-18(21(26)27)16-17-20(24)25;;/h18H,2-17H2,1H3,(H,22,23)(H,24,25)(H,26,27);;/q;+1;-1/t18-;;/m1../s1. The predicted molar refractivity (Wildman–Crippen MR) is 108 cm³/mol. The van der Waals surface area contributed by atoms with E-state index in [4.69, 9.17) is 10.2 Å². The number of carbonyl (C=O) groups excluding carboxylic acids is 1. The van der Waals surface area contributed by atoms with Crippen LogP contribution < -0.4 is 34.9 Å². The van der Waals surface area contributed by atoms with E-state index in [0.717, 1.165) is 19.3 Å². The summed E-state index contributed by atoms with van der Waals surface area (Å²) < 4.78 is 0. The molecule has 0 rings (SSSR count). The van der Waals surface area contributed by atoms with Gasteiger partial charge in [-0.3, -0.25) is 9.59 Å². The van der Waals surface area contributed by atoms with Crippen LogP contribution in [-0.2, 0) is 14.4 Å². The van der Waals surface area contributed by atoms with E-state index in [2.05, 4.69) is 12.2 Å². The number of amides is 1. The van der Waals surface area contributed by atoms with Crippen molar-refractivity contribution in [1.82, 2.24) is 5.32 Å². The van der Waals surface area contributed by atoms with Crippen molar-refractivity contribution in [3.05, 3.63) is 0 Å². The largest absolute Gasteiger partial charge is 1.00 e. The van der Waals surface area contributed by atoms with Crippen molar-refractivity contribution in [2.45, 2.75) is 116 Å². The Labute approximate surface area is 194 Å². The Bertz CT molecular complexity index is 424. The first kappa shape index (κ1) is 29.6. The number of nitrogens with one attached hydrogen (secondary N) is 1. The van der Waals surface area contributed by atoms with Gasteiger partial charge in [0.25, 0.3) is 0 Å². The predicted octanol–water partition coefficient (Wildman–Crippen LogP) is 2.02. The van der Waals surface area contributed by atoms with Crippen LogP contribution in [0.15, 0.2) is 0 Å². The van der Waals surface area contributed by atoms with Crippen LogP contribution >= 0.6 is 0 Å². The van der Waals surface area contributed by atoms with E-state index in [1.807, 2.05) is 0 Å². The number of hydrogen-bond donors (Lipinski definition) is 3. The number of carbonyl (C=O) groups is 3. The SMILES string of the molecule is CCCCCCCCCCCCCCCC(=O)N[C@H](CCC(=O)O)C(=O)O.[H-].[Na+]. The van der Waals surface area contributed by atoms with Crippen molar-refractivity contribution in [1.29, 1.82) is 0 Å². The van der Waals surface area contributed by atoms with Gasteiger partial charge in [-0.25, -0.2) is 4.79 Å². The molecule has 0 aliphatic rings. The molecule has 3 N–H and O–H groups in total. The van der Waals surface area contributed by atoms with Crippen molar-refractivity contribution < 1.29 is 55.6 Å². The van der Waals surface area contributed by atoms with E-state index in [-0.39, 0.29) is 49.7 Å². The molecule has 0 unspecified atom stereocenters. The van der Waals surface area contributed by atoms with Crippen molar-refractivity contribution in [2.24, 2.45) is 0 Å². The third-order valence-electron chi connectivity index (χ3n) is 4.79. The van der Waals surface area contributed by atoms with Crippen LogP contribution in [0.4, 0.5) is 0 Å². The average Bonchev–Trinajstić information content (AvgIpc) is 2.62. The molecular formula is C21H40NNaO5. The zero-order valence-electron chi connectivity index (χ0n) is 19.0. The average molecular weight is 410 g/mol. The van der Waals surface area contributed by atoms with E-state index in [9.17, 15) is 14.4 Å². The molecule has 6 nitrogen and oxygen atoms in total. The van der Waals surface area contributed by atoms with Gasteiger partial charge in [0.2, 0.25) is 5.91 Å². The van der Waals surface area contributed by atoms with E-state index in [0.29, 0.717) is 6.42 Å². The molecule has 0 heterocycles. The quantitative estimate of drug-likeness (QED) is 0.224. The molecule has 0 spiro atoms. The van der Waals surface area contributed by atoms with Gasteiger partial charge in [-0.05, 0) is 12.8 Å². The van der Waals surface area contributed by atoms with Gasteiger partial charge < -0.3 is 17.0 Å². The molecule has 28 heavy (non-hydrogen) atoms. The Morgan fingerprint density at radius 2 is 1.18 bits per heavy atom. The van der Waals surface area contributed by atoms with Gasteiger partial charge in [-0.2, -0.15) is 0 Å². The smallest absolute Gasteiger partial charge is 1.00 e. The Morgan fingerprint density at radius 3 is 1.57 bits per heavy atom. The van der Waals surface area contributed by atoms with Crippen molar-refractivity contribution >= 4 is 17.8 Å². The topological polar surface area (TPSA) is 104 Å². The molecule has 1 amide bonds. The van der Waals surface area contributed by atoms with Crippen LogP contribution in [0.25, 0.3) is 0 Å². The molecule has 0 aliphatic carbocycles. The van der Waals surface area contributed by atoms with Crippen LogP contribution in [0.1, 0.15) is 111 Å². The van der Waals surface area contributed by atoms with Crippen LogP contribution in [0.3, 0.4) is 0 Å². The fourth-order valence-corrected chi connectivity index (χ4v) is 3.10. The minimum absolute atomic E-state index is 0. The zero-order chi connectivity index (χ0) is 20.3. The van der Waals surface area contributed by atoms with Crippen LogP contribution in [0.2, 0.25) is 0 Å². The first-order chi connectivity index (χ1) is 13.0. The summed E-state index contributed by atoms with van der Waals surface area (Å²) in [6, 6.07) is -1.12. The normalized spacial score (nSPS) is 11.5. The third-order valence-corrected chi connectivity index (χ3v) is 4.79. The van der Waals surface area contributed by atoms with E-state index < -0.39 is 18.0 Å². The van der Waals surface area contributed by atoms with Gasteiger partial charge in [0.05, 0.1) is 0 Å². The summed E-state index contributed by atoms with van der Waals surface area (Å²) in [4.78, 5) is 33.3. The van der Waals surface area contributed by atoms with Crippen molar-refractivity contribution in [2.75, 3.05) is 0 Å². The van der Waals surface area contributed by atoms with E-state index >= 15 is 0 Å². The number of carboxylic acid groups (broad SMARTS) is 2. The Kier molecular flexibility index (Phi) is 22.3. The van der Waals surface area contributed by atoms with Gasteiger partial charge >= 0.3 is 41.5 Å². The molecular weight excluding hydrogens is 369 g/mol. The molecule has 7 heteroatoms. The minimum atomic E-state index is -1.19. The maximum absolute atomic E-state index is 11.8. The summed E-state index contributed by atoms with van der Waals surface area (Å²) in [6.07, 6.45) is 15.9. The summed E-state index contributed by atoms with van der Waals surface area (Å²) in [5.41, 5.74) is 0. The number of aliphatic carboxylic acids is 2. The summed E-state index contributed by atoms with van der Waals surface area (Å²) >= 11 is 0. The summed E-state index contributed by atoms with van der Waals surface area (Å²) in [5.74, 6) is -2.56. The van der Waals surface area contributed by atoms with E-state index in [1.54, 1.807) is 0 Å². The summed E-state index contributed by atoms with van der Waals surface area (Å²) in [7, 11) is 0. The molecule has 1 atom stereocenters. The number of carboxylic acids is 2. The Hall–Kier alpha value is -0.590.